The summed E-state index contributed by atoms with van der Waals surface area (Å²) in [6, 6.07) is 11.1. The second kappa shape index (κ2) is 6.86. The number of hydrogen-bond donors (Lipinski definition) is 1. The van der Waals surface area contributed by atoms with Crippen LogP contribution in [0.3, 0.4) is 0 Å². The van der Waals surface area contributed by atoms with Crippen LogP contribution in [0, 0.1) is 0 Å². The molecule has 4 rings (SSSR count). The normalized spacial score (nSPS) is 10.9. The Bertz CT molecular complexity index is 1320. The Labute approximate surface area is 162 Å². The van der Waals surface area contributed by atoms with Gasteiger partial charge in [-0.1, -0.05) is 30.3 Å². The summed E-state index contributed by atoms with van der Waals surface area (Å²) in [6.45, 7) is 0. The van der Waals surface area contributed by atoms with Crippen LogP contribution in [-0.2, 0) is 14.1 Å². The van der Waals surface area contributed by atoms with E-state index in [1.165, 1.54) is 42.3 Å². The molecular weight excluding hydrogens is 378 g/mol. The lowest BCUT2D eigenvalue weighted by Gasteiger charge is -2.08. The molecule has 0 atom stereocenters. The first-order valence-corrected chi connectivity index (χ1v) is 9.22. The minimum absolute atomic E-state index is 0.241. The molecule has 140 valence electrons. The fourth-order valence-electron chi connectivity index (χ4n) is 2.82. The van der Waals surface area contributed by atoms with Crippen LogP contribution in [0.25, 0.3) is 21.6 Å². The zero-order valence-corrected chi connectivity index (χ0v) is 15.9. The average molecular weight is 393 g/mol. The van der Waals surface area contributed by atoms with Gasteiger partial charge in [-0.05, 0) is 6.07 Å². The largest absolute Gasteiger partial charge is 0.332 e. The average Bonchev–Trinajstić information content (AvgIpc) is 3.22. The van der Waals surface area contributed by atoms with Crippen molar-refractivity contribution in [3.63, 3.8) is 0 Å². The molecule has 1 N–H and O–H groups in total. The molecule has 0 saturated carbocycles. The third-order valence-corrected chi connectivity index (χ3v) is 5.20. The second-order valence-electron chi connectivity index (χ2n) is 6.16. The summed E-state index contributed by atoms with van der Waals surface area (Å²) < 4.78 is 2.29. The monoisotopic (exact) mass is 393 g/mol. The predicted molar refractivity (Wildman–Crippen MR) is 108 cm³/mol. The lowest BCUT2D eigenvalue weighted by atomic mass is 10.2. The van der Waals surface area contributed by atoms with Gasteiger partial charge in [0.25, 0.3) is 11.5 Å². The van der Waals surface area contributed by atoms with Gasteiger partial charge in [0.2, 0.25) is 0 Å². The molecule has 0 spiro atoms. The van der Waals surface area contributed by atoms with E-state index < -0.39 is 17.2 Å². The molecule has 0 unspecified atom stereocenters. The quantitative estimate of drug-likeness (QED) is 0.574. The van der Waals surface area contributed by atoms with Crippen molar-refractivity contribution in [1.29, 1.82) is 0 Å². The number of nitrogens with zero attached hydrogens (tertiary/aromatic N) is 4. The molecule has 0 radical (unpaired) electrons. The Balaban J connectivity index is 1.65. The van der Waals surface area contributed by atoms with Crippen molar-refractivity contribution < 1.29 is 4.79 Å². The summed E-state index contributed by atoms with van der Waals surface area (Å²) in [4.78, 5) is 45.4. The SMILES string of the molecule is Cn1c(=O)c2cc(NC(=O)c3csc(-c4ccccc4)n3)cnc2n(C)c1=O. The highest BCUT2D eigenvalue weighted by atomic mass is 32.1. The topological polar surface area (TPSA) is 98.9 Å². The molecule has 0 saturated heterocycles. The van der Waals surface area contributed by atoms with E-state index in [1.807, 2.05) is 30.3 Å². The third kappa shape index (κ3) is 3.01. The first-order chi connectivity index (χ1) is 13.5. The van der Waals surface area contributed by atoms with Gasteiger partial charge in [-0.2, -0.15) is 0 Å². The van der Waals surface area contributed by atoms with Crippen molar-refractivity contribution in [2.24, 2.45) is 14.1 Å². The Morgan fingerprint density at radius 2 is 1.86 bits per heavy atom. The number of carbonyl (C=O) groups excluding carboxylic acids is 1. The van der Waals surface area contributed by atoms with Crippen LogP contribution in [0.2, 0.25) is 0 Å². The predicted octanol–water partition coefficient (Wildman–Crippen LogP) is 2.01. The number of pyridine rings is 1. The minimum Gasteiger partial charge on any atom is -0.319 e. The molecule has 0 aliphatic heterocycles. The molecule has 3 aromatic heterocycles. The van der Waals surface area contributed by atoms with Gasteiger partial charge >= 0.3 is 5.69 Å². The lowest BCUT2D eigenvalue weighted by Crippen LogP contribution is -2.37. The number of aromatic nitrogens is 4. The Morgan fingerprint density at radius 1 is 1.11 bits per heavy atom. The summed E-state index contributed by atoms with van der Waals surface area (Å²) in [6.07, 6.45) is 1.41. The molecule has 0 bridgehead atoms. The molecule has 4 aromatic rings. The molecule has 0 aliphatic rings. The zero-order valence-electron chi connectivity index (χ0n) is 15.0. The number of fused-ring (bicyclic) bond motifs is 1. The van der Waals surface area contributed by atoms with Crippen LogP contribution in [-0.4, -0.2) is 25.0 Å². The maximum Gasteiger partial charge on any atom is 0.332 e. The molecule has 3 heterocycles. The van der Waals surface area contributed by atoms with E-state index in [0.717, 1.165) is 15.1 Å². The van der Waals surface area contributed by atoms with Crippen molar-refractivity contribution >= 4 is 34.0 Å². The van der Waals surface area contributed by atoms with Crippen molar-refractivity contribution in [1.82, 2.24) is 19.1 Å². The summed E-state index contributed by atoms with van der Waals surface area (Å²) in [7, 11) is 2.94. The van der Waals surface area contributed by atoms with Gasteiger partial charge in [-0.15, -0.1) is 11.3 Å². The van der Waals surface area contributed by atoms with Gasteiger partial charge in [-0.3, -0.25) is 18.7 Å². The van der Waals surface area contributed by atoms with E-state index in [4.69, 9.17) is 0 Å². The highest BCUT2D eigenvalue weighted by Gasteiger charge is 2.14. The highest BCUT2D eigenvalue weighted by Crippen LogP contribution is 2.23. The number of benzene rings is 1. The van der Waals surface area contributed by atoms with Gasteiger partial charge in [-0.25, -0.2) is 14.8 Å². The first kappa shape index (κ1) is 17.8. The summed E-state index contributed by atoms with van der Waals surface area (Å²) in [5.41, 5.74) is 0.883. The Kier molecular flexibility index (Phi) is 4.36. The van der Waals surface area contributed by atoms with Crippen molar-refractivity contribution in [3.8, 4) is 10.6 Å². The number of aryl methyl sites for hydroxylation is 1. The number of carbonyl (C=O) groups is 1. The smallest absolute Gasteiger partial charge is 0.319 e. The summed E-state index contributed by atoms with van der Waals surface area (Å²) >= 11 is 1.37. The fourth-order valence-corrected chi connectivity index (χ4v) is 3.63. The van der Waals surface area contributed by atoms with Crippen LogP contribution in [0.15, 0.2) is 57.6 Å². The molecule has 9 heteroatoms. The van der Waals surface area contributed by atoms with E-state index in [-0.39, 0.29) is 16.7 Å². The number of thiazole rings is 1. The van der Waals surface area contributed by atoms with E-state index in [0.29, 0.717) is 5.69 Å². The van der Waals surface area contributed by atoms with Gasteiger partial charge in [0.15, 0.2) is 0 Å². The standard InChI is InChI=1S/C19H15N5O3S/c1-23-15-13(18(26)24(2)19(23)27)8-12(9-20-15)21-16(25)14-10-28-17(22-14)11-6-4-3-5-7-11/h3-10H,1-2H3,(H,21,25). The molecule has 28 heavy (non-hydrogen) atoms. The number of rotatable bonds is 3. The molecule has 0 aliphatic carbocycles. The van der Waals surface area contributed by atoms with E-state index in [1.54, 1.807) is 5.38 Å². The van der Waals surface area contributed by atoms with Gasteiger partial charge in [0, 0.05) is 25.0 Å². The van der Waals surface area contributed by atoms with Crippen LogP contribution in [0.1, 0.15) is 10.5 Å². The van der Waals surface area contributed by atoms with Crippen LogP contribution < -0.4 is 16.6 Å². The lowest BCUT2D eigenvalue weighted by molar-refractivity contribution is 0.102. The maximum atomic E-state index is 12.5. The number of anilines is 1. The molecule has 1 aromatic carbocycles. The number of amides is 1. The summed E-state index contributed by atoms with van der Waals surface area (Å²) in [5, 5.41) is 5.36. The van der Waals surface area contributed by atoms with Crippen molar-refractivity contribution in [2.75, 3.05) is 5.32 Å². The molecule has 1 amide bonds. The number of hydrogen-bond acceptors (Lipinski definition) is 6. The Morgan fingerprint density at radius 3 is 2.61 bits per heavy atom. The molecule has 8 nitrogen and oxygen atoms in total. The second-order valence-corrected chi connectivity index (χ2v) is 7.02. The van der Waals surface area contributed by atoms with Crippen LogP contribution in [0.5, 0.6) is 0 Å². The van der Waals surface area contributed by atoms with Gasteiger partial charge in [0.1, 0.15) is 16.3 Å². The molecule has 0 fully saturated rings. The minimum atomic E-state index is -0.471. The highest BCUT2D eigenvalue weighted by molar-refractivity contribution is 7.13. The summed E-state index contributed by atoms with van der Waals surface area (Å²) in [5.74, 6) is -0.402. The van der Waals surface area contributed by atoms with Gasteiger partial charge in [0.05, 0.1) is 17.3 Å². The van der Waals surface area contributed by atoms with Crippen molar-refractivity contribution in [2.45, 2.75) is 0 Å². The van der Waals surface area contributed by atoms with E-state index in [9.17, 15) is 14.4 Å². The Hall–Kier alpha value is -3.59. The van der Waals surface area contributed by atoms with E-state index in [2.05, 4.69) is 15.3 Å². The maximum absolute atomic E-state index is 12.5. The zero-order chi connectivity index (χ0) is 19.8. The third-order valence-electron chi connectivity index (χ3n) is 4.31. The fraction of sp³-hybridized carbons (Fsp3) is 0.105. The van der Waals surface area contributed by atoms with Crippen LogP contribution >= 0.6 is 11.3 Å². The van der Waals surface area contributed by atoms with E-state index >= 15 is 0 Å². The number of nitrogens with one attached hydrogen (secondary N) is 1. The first-order valence-electron chi connectivity index (χ1n) is 8.34. The van der Waals surface area contributed by atoms with Crippen LogP contribution in [0.4, 0.5) is 5.69 Å². The van der Waals surface area contributed by atoms with Gasteiger partial charge < -0.3 is 5.32 Å². The molecular formula is C19H15N5O3S. The van der Waals surface area contributed by atoms with Crippen molar-refractivity contribution in [3.05, 3.63) is 74.5 Å².